The summed E-state index contributed by atoms with van der Waals surface area (Å²) in [6.07, 6.45) is 9.76. The minimum atomic E-state index is 0.787. The highest BCUT2D eigenvalue weighted by molar-refractivity contribution is 5.01. The van der Waals surface area contributed by atoms with Crippen LogP contribution in [0.25, 0.3) is 0 Å². The molecule has 4 nitrogen and oxygen atoms in total. The fourth-order valence-corrected chi connectivity index (χ4v) is 3.99. The molecule has 1 N–H and O–H groups in total. The molecule has 0 aromatic carbocycles. The van der Waals surface area contributed by atoms with Gasteiger partial charge in [-0.25, -0.2) is 0 Å². The van der Waals surface area contributed by atoms with Crippen molar-refractivity contribution in [3.63, 3.8) is 0 Å². The van der Waals surface area contributed by atoms with Crippen molar-refractivity contribution in [2.24, 2.45) is 7.05 Å². The summed E-state index contributed by atoms with van der Waals surface area (Å²) in [6, 6.07) is 4.52. The van der Waals surface area contributed by atoms with E-state index in [-0.39, 0.29) is 0 Å². The average molecular weight is 276 g/mol. The Balaban J connectivity index is 1.59. The van der Waals surface area contributed by atoms with Crippen LogP contribution in [-0.4, -0.2) is 45.9 Å². The van der Waals surface area contributed by atoms with Crippen molar-refractivity contribution < 1.29 is 0 Å². The average Bonchev–Trinajstić information content (AvgIpc) is 3.00. The molecule has 112 valence electrons. The molecule has 4 heteroatoms. The molecule has 20 heavy (non-hydrogen) atoms. The van der Waals surface area contributed by atoms with E-state index in [1.807, 2.05) is 17.9 Å². The van der Waals surface area contributed by atoms with E-state index in [2.05, 4.69) is 28.3 Å². The molecule has 1 aromatic rings. The second-order valence-electron chi connectivity index (χ2n) is 6.50. The molecule has 2 atom stereocenters. The van der Waals surface area contributed by atoms with Crippen LogP contribution in [-0.2, 0) is 13.5 Å². The molecule has 0 amide bonds. The Bertz CT molecular complexity index is 416. The van der Waals surface area contributed by atoms with Crippen molar-refractivity contribution in [1.82, 2.24) is 20.0 Å². The SMILES string of the molecule is CCCN(CCc1ccnn1C)C1CC2CCC(C1)N2. The van der Waals surface area contributed by atoms with E-state index in [0.717, 1.165) is 24.5 Å². The van der Waals surface area contributed by atoms with Crippen LogP contribution in [0.1, 0.15) is 44.7 Å². The molecule has 2 aliphatic heterocycles. The molecule has 2 aliphatic rings. The Hall–Kier alpha value is -0.870. The van der Waals surface area contributed by atoms with Crippen molar-refractivity contribution in [1.29, 1.82) is 0 Å². The molecule has 2 unspecified atom stereocenters. The number of nitrogens with zero attached hydrogens (tertiary/aromatic N) is 3. The maximum absolute atomic E-state index is 4.28. The first-order valence-electron chi connectivity index (χ1n) is 8.23. The zero-order chi connectivity index (χ0) is 13.9. The lowest BCUT2D eigenvalue weighted by Gasteiger charge is -2.37. The van der Waals surface area contributed by atoms with Crippen molar-refractivity contribution in [2.45, 2.75) is 63.6 Å². The minimum Gasteiger partial charge on any atom is -0.311 e. The molecule has 3 rings (SSSR count). The quantitative estimate of drug-likeness (QED) is 0.862. The predicted molar refractivity (Wildman–Crippen MR) is 81.7 cm³/mol. The maximum atomic E-state index is 4.28. The van der Waals surface area contributed by atoms with Gasteiger partial charge in [-0.1, -0.05) is 6.92 Å². The number of hydrogen-bond donors (Lipinski definition) is 1. The van der Waals surface area contributed by atoms with Crippen LogP contribution in [0, 0.1) is 0 Å². The van der Waals surface area contributed by atoms with E-state index >= 15 is 0 Å². The Morgan fingerprint density at radius 1 is 1.30 bits per heavy atom. The van der Waals surface area contributed by atoms with Crippen LogP contribution in [0.2, 0.25) is 0 Å². The summed E-state index contributed by atoms with van der Waals surface area (Å²) >= 11 is 0. The lowest BCUT2D eigenvalue weighted by atomic mass is 9.97. The van der Waals surface area contributed by atoms with E-state index in [9.17, 15) is 0 Å². The van der Waals surface area contributed by atoms with E-state index in [4.69, 9.17) is 0 Å². The Labute approximate surface area is 122 Å². The minimum absolute atomic E-state index is 0.787. The molecule has 2 bridgehead atoms. The molecule has 0 aliphatic carbocycles. The van der Waals surface area contributed by atoms with Gasteiger partial charge in [-0.05, 0) is 44.7 Å². The first-order valence-corrected chi connectivity index (χ1v) is 8.23. The largest absolute Gasteiger partial charge is 0.311 e. The van der Waals surface area contributed by atoms with Gasteiger partial charge in [0.1, 0.15) is 0 Å². The van der Waals surface area contributed by atoms with Crippen LogP contribution in [0.4, 0.5) is 0 Å². The number of nitrogens with one attached hydrogen (secondary N) is 1. The van der Waals surface area contributed by atoms with Crippen molar-refractivity contribution in [3.05, 3.63) is 18.0 Å². The number of fused-ring (bicyclic) bond motifs is 2. The topological polar surface area (TPSA) is 33.1 Å². The van der Waals surface area contributed by atoms with Gasteiger partial charge in [-0.2, -0.15) is 5.10 Å². The van der Waals surface area contributed by atoms with E-state index in [1.54, 1.807) is 0 Å². The van der Waals surface area contributed by atoms with Crippen molar-refractivity contribution in [2.75, 3.05) is 13.1 Å². The monoisotopic (exact) mass is 276 g/mol. The van der Waals surface area contributed by atoms with Crippen molar-refractivity contribution >= 4 is 0 Å². The summed E-state index contributed by atoms with van der Waals surface area (Å²) in [4.78, 5) is 2.74. The normalized spacial score (nSPS) is 29.2. The first-order chi connectivity index (χ1) is 9.76. The first kappa shape index (κ1) is 14.1. The lowest BCUT2D eigenvalue weighted by Crippen LogP contribution is -2.49. The molecule has 0 spiro atoms. The summed E-state index contributed by atoms with van der Waals surface area (Å²) in [5.74, 6) is 0. The highest BCUT2D eigenvalue weighted by Crippen LogP contribution is 2.29. The summed E-state index contributed by atoms with van der Waals surface area (Å²) in [5.41, 5.74) is 1.35. The van der Waals surface area contributed by atoms with Gasteiger partial charge in [0.2, 0.25) is 0 Å². The van der Waals surface area contributed by atoms with Gasteiger partial charge >= 0.3 is 0 Å². The number of aromatic nitrogens is 2. The Kier molecular flexibility index (Phi) is 4.41. The third-order valence-corrected chi connectivity index (χ3v) is 5.05. The van der Waals surface area contributed by atoms with Gasteiger partial charge in [0.05, 0.1) is 0 Å². The van der Waals surface area contributed by atoms with E-state index < -0.39 is 0 Å². The molecular weight excluding hydrogens is 248 g/mol. The van der Waals surface area contributed by atoms with Crippen LogP contribution in [0.5, 0.6) is 0 Å². The number of hydrogen-bond acceptors (Lipinski definition) is 3. The Morgan fingerprint density at radius 2 is 2.05 bits per heavy atom. The molecular formula is C16H28N4. The third kappa shape index (κ3) is 3.07. The smallest absolute Gasteiger partial charge is 0.0492 e. The number of aryl methyl sites for hydroxylation is 1. The number of rotatable bonds is 6. The lowest BCUT2D eigenvalue weighted by molar-refractivity contribution is 0.142. The van der Waals surface area contributed by atoms with Gasteiger partial charge in [-0.3, -0.25) is 9.58 Å². The highest BCUT2D eigenvalue weighted by Gasteiger charge is 2.35. The zero-order valence-electron chi connectivity index (χ0n) is 12.9. The highest BCUT2D eigenvalue weighted by atomic mass is 15.3. The van der Waals surface area contributed by atoms with E-state index in [0.29, 0.717) is 0 Å². The molecule has 0 radical (unpaired) electrons. The summed E-state index contributed by atoms with van der Waals surface area (Å²) in [7, 11) is 2.05. The summed E-state index contributed by atoms with van der Waals surface area (Å²) < 4.78 is 2.01. The van der Waals surface area contributed by atoms with Gasteiger partial charge < -0.3 is 5.32 Å². The number of piperidine rings is 1. The standard InChI is InChI=1S/C16H28N4/c1-3-9-20(10-7-15-6-8-17-19(15)2)16-11-13-4-5-14(12-16)18-13/h6,8,13-14,16,18H,3-5,7,9-12H2,1-2H3. The van der Waals surface area contributed by atoms with Crippen LogP contribution >= 0.6 is 0 Å². The molecule has 2 fully saturated rings. The Morgan fingerprint density at radius 3 is 2.65 bits per heavy atom. The third-order valence-electron chi connectivity index (χ3n) is 5.05. The van der Waals surface area contributed by atoms with Gasteiger partial charge in [0.25, 0.3) is 0 Å². The van der Waals surface area contributed by atoms with Crippen LogP contribution in [0.15, 0.2) is 12.3 Å². The van der Waals surface area contributed by atoms with Gasteiger partial charge in [-0.15, -0.1) is 0 Å². The second-order valence-corrected chi connectivity index (χ2v) is 6.50. The molecule has 2 saturated heterocycles. The summed E-state index contributed by atoms with van der Waals surface area (Å²) in [6.45, 7) is 4.71. The maximum Gasteiger partial charge on any atom is 0.0492 e. The fraction of sp³-hybridized carbons (Fsp3) is 0.812. The zero-order valence-corrected chi connectivity index (χ0v) is 12.9. The predicted octanol–water partition coefficient (Wildman–Crippen LogP) is 1.96. The van der Waals surface area contributed by atoms with Gasteiger partial charge in [0, 0.05) is 50.0 Å². The van der Waals surface area contributed by atoms with Crippen molar-refractivity contribution in [3.8, 4) is 0 Å². The van der Waals surface area contributed by atoms with Crippen LogP contribution < -0.4 is 5.32 Å². The van der Waals surface area contributed by atoms with Crippen LogP contribution in [0.3, 0.4) is 0 Å². The fourth-order valence-electron chi connectivity index (χ4n) is 3.99. The second kappa shape index (κ2) is 6.27. The summed E-state index contributed by atoms with van der Waals surface area (Å²) in [5, 5.41) is 8.03. The molecule has 3 heterocycles. The molecule has 0 saturated carbocycles. The van der Waals surface area contributed by atoms with E-state index in [1.165, 1.54) is 50.9 Å². The molecule has 1 aromatic heterocycles. The van der Waals surface area contributed by atoms with Gasteiger partial charge in [0.15, 0.2) is 0 Å².